The summed E-state index contributed by atoms with van der Waals surface area (Å²) in [6, 6.07) is 0. The maximum absolute atomic E-state index is 9.78. The normalized spacial score (nSPS) is 7.29. The molecule has 0 fully saturated rings. The van der Waals surface area contributed by atoms with E-state index in [4.69, 9.17) is 0 Å². The van der Waals surface area contributed by atoms with E-state index in [1.807, 2.05) is 0 Å². The third kappa shape index (κ3) is 21.2. The van der Waals surface area contributed by atoms with Gasteiger partial charge in [0.1, 0.15) is 0 Å². The second kappa shape index (κ2) is 17.7. The van der Waals surface area contributed by atoms with E-state index in [1.165, 1.54) is 32.7 Å². The molecule has 0 aromatic carbocycles. The summed E-state index contributed by atoms with van der Waals surface area (Å²) in [6.07, 6.45) is 5.35. The Labute approximate surface area is 127 Å². The Morgan fingerprint density at radius 1 is 0.824 bits per heavy atom. The monoisotopic (exact) mass is 318 g/mol. The van der Waals surface area contributed by atoms with Crippen molar-refractivity contribution in [2.24, 2.45) is 0 Å². The Hall–Kier alpha value is -0.656. The van der Waals surface area contributed by atoms with Crippen molar-refractivity contribution in [2.45, 2.75) is 7.43 Å². The average molecular weight is 318 g/mol. The molecular weight excluding hydrogens is 303 g/mol. The standard InChI is InChI=1S/C5H8N2O2.C3H3NO2.CH4.Y/c1-6(2)3-7(4-8)5-9;1-4(2-5)3-6;;/h3H2,1-2H3;1H3;1H4;/q2*-2;;. The Kier molecular flexibility index (Phi) is 26.3. The number of rotatable bonds is 6. The van der Waals surface area contributed by atoms with Crippen LogP contribution < -0.4 is 0 Å². The topological polar surface area (TPSA) is 78.0 Å². The molecule has 0 spiro atoms. The van der Waals surface area contributed by atoms with Crippen LogP contribution in [0.1, 0.15) is 7.43 Å². The molecule has 0 aliphatic heterocycles. The van der Waals surface area contributed by atoms with Gasteiger partial charge in [-0.3, -0.25) is 4.90 Å². The second-order valence-electron chi connectivity index (χ2n) is 2.57. The molecule has 0 atom stereocenters. The van der Waals surface area contributed by atoms with Crippen molar-refractivity contribution >= 4 is 25.6 Å². The van der Waals surface area contributed by atoms with Crippen LogP contribution in [0.2, 0.25) is 0 Å². The number of hydrogen-bond acceptors (Lipinski definition) is 5. The first kappa shape index (κ1) is 25.3. The van der Waals surface area contributed by atoms with Gasteiger partial charge in [-0.15, -0.1) is 0 Å². The SMILES string of the molecule is C.CN(C)CN([C-]=O)[C-]=O.CN([C-]=O)[C-]=O.[Y]. The molecule has 7 nitrogen and oxygen atoms in total. The fourth-order valence-corrected chi connectivity index (χ4v) is 0.378. The molecule has 0 aromatic rings. The van der Waals surface area contributed by atoms with Crippen molar-refractivity contribution < 1.29 is 51.9 Å². The molecule has 17 heavy (non-hydrogen) atoms. The molecule has 0 bridgehead atoms. The Morgan fingerprint density at radius 3 is 1.24 bits per heavy atom. The van der Waals surface area contributed by atoms with Crippen LogP contribution in [-0.2, 0) is 51.9 Å². The molecule has 0 saturated heterocycles. The number of hydrogen-bond donors (Lipinski definition) is 0. The molecule has 4 amide bonds. The first-order valence-corrected chi connectivity index (χ1v) is 3.69. The van der Waals surface area contributed by atoms with Crippen LogP contribution in [-0.4, -0.2) is 68.2 Å². The molecule has 0 heterocycles. The summed E-state index contributed by atoms with van der Waals surface area (Å²) in [4.78, 5) is 41.2. The van der Waals surface area contributed by atoms with Gasteiger partial charge in [-0.25, -0.2) is 0 Å². The van der Waals surface area contributed by atoms with E-state index in [2.05, 4.69) is 0 Å². The smallest absolute Gasteiger partial charge is 0.0186 e. The van der Waals surface area contributed by atoms with Crippen LogP contribution in [0.4, 0.5) is 0 Å². The van der Waals surface area contributed by atoms with E-state index >= 15 is 0 Å². The van der Waals surface area contributed by atoms with Gasteiger partial charge in [-0.2, -0.15) is 25.6 Å². The number of imide groups is 2. The van der Waals surface area contributed by atoms with Crippen molar-refractivity contribution in [2.75, 3.05) is 27.8 Å². The fraction of sp³-hybridized carbons (Fsp3) is 0.556. The number of nitrogens with zero attached hydrogens (tertiary/aromatic N) is 3. The Balaban J connectivity index is -0.0000000945. The van der Waals surface area contributed by atoms with Crippen molar-refractivity contribution in [3.05, 3.63) is 0 Å². The van der Waals surface area contributed by atoms with E-state index in [0.717, 1.165) is 4.90 Å². The van der Waals surface area contributed by atoms with E-state index in [9.17, 15) is 19.2 Å². The van der Waals surface area contributed by atoms with Gasteiger partial charge in [0.15, 0.2) is 0 Å². The predicted octanol–water partition coefficient (Wildman–Crippen LogP) is -1.37. The molecule has 1 radical (unpaired) electrons. The number of carbonyl (C=O) groups excluding carboxylic acids is 4. The maximum atomic E-state index is 9.78. The molecule has 8 heteroatoms. The zero-order chi connectivity index (χ0) is 12.3. The van der Waals surface area contributed by atoms with Crippen molar-refractivity contribution in [1.29, 1.82) is 0 Å². The maximum Gasteiger partial charge on any atom is 0.0186 e. The second-order valence-corrected chi connectivity index (χ2v) is 2.57. The molecule has 0 aliphatic rings. The van der Waals surface area contributed by atoms with Crippen LogP contribution >= 0.6 is 0 Å². The summed E-state index contributed by atoms with van der Waals surface area (Å²) in [5, 5.41) is 0. The summed E-state index contributed by atoms with van der Waals surface area (Å²) in [5.74, 6) is 0. The molecular formula is C9H15N3O4Y-4. The minimum atomic E-state index is 0. The van der Waals surface area contributed by atoms with Crippen molar-refractivity contribution in [3.8, 4) is 0 Å². The average Bonchev–Trinajstić information content (AvgIpc) is 2.25. The van der Waals surface area contributed by atoms with Gasteiger partial charge < -0.3 is 29.0 Å². The molecule has 0 aromatic heterocycles. The first-order valence-electron chi connectivity index (χ1n) is 3.69. The Bertz CT molecular complexity index is 198. The van der Waals surface area contributed by atoms with Crippen LogP contribution in [0.3, 0.4) is 0 Å². The fourth-order valence-electron chi connectivity index (χ4n) is 0.378. The van der Waals surface area contributed by atoms with Gasteiger partial charge >= 0.3 is 0 Å². The third-order valence-electron chi connectivity index (χ3n) is 0.919. The summed E-state index contributed by atoms with van der Waals surface area (Å²) in [7, 11) is 4.74. The van der Waals surface area contributed by atoms with Gasteiger partial charge in [0.25, 0.3) is 0 Å². The molecule has 0 unspecified atom stereocenters. The van der Waals surface area contributed by atoms with E-state index in [1.54, 1.807) is 19.0 Å². The van der Waals surface area contributed by atoms with Gasteiger partial charge in [-0.1, -0.05) is 7.43 Å². The summed E-state index contributed by atoms with van der Waals surface area (Å²) in [6.45, 7) is 0.229. The van der Waals surface area contributed by atoms with Gasteiger partial charge in [0.05, 0.1) is 0 Å². The summed E-state index contributed by atoms with van der Waals surface area (Å²) in [5.41, 5.74) is 0. The minimum absolute atomic E-state index is 0. The molecule has 0 rings (SSSR count). The molecule has 97 valence electrons. The molecule has 0 N–H and O–H groups in total. The molecule has 0 aliphatic carbocycles. The zero-order valence-corrected chi connectivity index (χ0v) is 12.1. The summed E-state index contributed by atoms with van der Waals surface area (Å²) < 4.78 is 0. The van der Waals surface area contributed by atoms with Crippen LogP contribution in [0.5, 0.6) is 0 Å². The van der Waals surface area contributed by atoms with Crippen molar-refractivity contribution in [3.63, 3.8) is 0 Å². The number of amides is 4. The van der Waals surface area contributed by atoms with E-state index in [-0.39, 0.29) is 46.8 Å². The van der Waals surface area contributed by atoms with E-state index in [0.29, 0.717) is 4.90 Å². The van der Waals surface area contributed by atoms with Gasteiger partial charge in [0, 0.05) is 39.4 Å². The van der Waals surface area contributed by atoms with Crippen LogP contribution in [0.15, 0.2) is 0 Å². The van der Waals surface area contributed by atoms with Crippen LogP contribution in [0.25, 0.3) is 0 Å². The predicted molar refractivity (Wildman–Crippen MR) is 57.7 cm³/mol. The third-order valence-corrected chi connectivity index (χ3v) is 0.919. The minimum Gasteiger partial charge on any atom is -0.639 e. The van der Waals surface area contributed by atoms with Crippen LogP contribution in [0, 0.1) is 0 Å². The van der Waals surface area contributed by atoms with Gasteiger partial charge in [-0.05, 0) is 21.1 Å². The summed E-state index contributed by atoms with van der Waals surface area (Å²) >= 11 is 0. The first-order chi connectivity index (χ1) is 7.01. The van der Waals surface area contributed by atoms with Crippen molar-refractivity contribution in [1.82, 2.24) is 14.7 Å². The van der Waals surface area contributed by atoms with Gasteiger partial charge in [0.2, 0.25) is 0 Å². The largest absolute Gasteiger partial charge is 0.639 e. The molecule has 0 saturated carbocycles. The van der Waals surface area contributed by atoms with E-state index < -0.39 is 0 Å². The zero-order valence-electron chi connectivity index (χ0n) is 9.26. The quantitative estimate of drug-likeness (QED) is 0.343. The Morgan fingerprint density at radius 2 is 1.18 bits per heavy atom.